The number of amides is 1. The molecule has 0 aliphatic heterocycles. The predicted molar refractivity (Wildman–Crippen MR) is 80.0 cm³/mol. The summed E-state index contributed by atoms with van der Waals surface area (Å²) in [6.45, 7) is 1.09. The molecule has 0 atom stereocenters. The first kappa shape index (κ1) is 14.9. The van der Waals surface area contributed by atoms with Gasteiger partial charge in [0.05, 0.1) is 6.61 Å². The lowest BCUT2D eigenvalue weighted by Crippen LogP contribution is -2.28. The number of anilines is 1. The molecule has 2 N–H and O–H groups in total. The number of hydrogen-bond donors (Lipinski definition) is 2. The van der Waals surface area contributed by atoms with Gasteiger partial charge >= 0.3 is 0 Å². The summed E-state index contributed by atoms with van der Waals surface area (Å²) in [5.41, 5.74) is 1.38. The van der Waals surface area contributed by atoms with Gasteiger partial charge in [-0.15, -0.1) is 10.2 Å². The smallest absolute Gasteiger partial charge is 0.271 e. The summed E-state index contributed by atoms with van der Waals surface area (Å²) < 4.78 is 0. The van der Waals surface area contributed by atoms with Gasteiger partial charge in [0.2, 0.25) is 0 Å². The lowest BCUT2D eigenvalue weighted by Gasteiger charge is -2.22. The highest BCUT2D eigenvalue weighted by atomic mass is 16.3. The number of nitrogens with zero attached hydrogens (tertiary/aromatic N) is 3. The highest BCUT2D eigenvalue weighted by Crippen LogP contribution is 2.13. The van der Waals surface area contributed by atoms with Crippen LogP contribution in [0.1, 0.15) is 16.1 Å². The minimum atomic E-state index is -0.272. The van der Waals surface area contributed by atoms with E-state index in [1.807, 2.05) is 35.2 Å². The Kier molecular flexibility index (Phi) is 5.22. The van der Waals surface area contributed by atoms with E-state index in [1.165, 1.54) is 0 Å². The Bertz CT molecular complexity index is 572. The molecule has 21 heavy (non-hydrogen) atoms. The molecule has 1 aromatic heterocycles. The lowest BCUT2D eigenvalue weighted by atomic mass is 10.2. The number of carbonyl (C=O) groups is 1. The number of aromatic nitrogens is 2. The number of aliphatic hydroxyl groups excluding tert-OH is 1. The third-order valence-corrected chi connectivity index (χ3v) is 3.02. The summed E-state index contributed by atoms with van der Waals surface area (Å²) in [4.78, 5) is 13.4. The summed E-state index contributed by atoms with van der Waals surface area (Å²) in [5.74, 6) is 0.353. The normalized spacial score (nSPS) is 10.2. The summed E-state index contributed by atoms with van der Waals surface area (Å²) in [6, 6.07) is 13.3. The molecule has 6 heteroatoms. The van der Waals surface area contributed by atoms with E-state index in [0.717, 1.165) is 5.56 Å². The molecule has 0 saturated heterocycles. The van der Waals surface area contributed by atoms with Crippen molar-refractivity contribution in [2.45, 2.75) is 6.54 Å². The maximum atomic E-state index is 11.4. The second-order valence-corrected chi connectivity index (χ2v) is 4.49. The molecule has 0 saturated carbocycles. The van der Waals surface area contributed by atoms with Crippen molar-refractivity contribution in [1.82, 2.24) is 15.5 Å². The van der Waals surface area contributed by atoms with E-state index in [0.29, 0.717) is 18.9 Å². The second-order valence-electron chi connectivity index (χ2n) is 4.49. The minimum absolute atomic E-state index is 0.0196. The summed E-state index contributed by atoms with van der Waals surface area (Å²) >= 11 is 0. The van der Waals surface area contributed by atoms with Crippen molar-refractivity contribution in [2.75, 3.05) is 25.1 Å². The third-order valence-electron chi connectivity index (χ3n) is 3.02. The molecule has 110 valence electrons. The maximum Gasteiger partial charge on any atom is 0.271 e. The molecular weight excluding hydrogens is 268 g/mol. The van der Waals surface area contributed by atoms with Gasteiger partial charge < -0.3 is 15.3 Å². The maximum absolute atomic E-state index is 11.4. The number of hydrogen-bond acceptors (Lipinski definition) is 5. The topological polar surface area (TPSA) is 78.4 Å². The zero-order valence-corrected chi connectivity index (χ0v) is 11.9. The van der Waals surface area contributed by atoms with Crippen molar-refractivity contribution >= 4 is 11.7 Å². The molecule has 0 fully saturated rings. The van der Waals surface area contributed by atoms with E-state index in [9.17, 15) is 9.90 Å². The highest BCUT2D eigenvalue weighted by Gasteiger charge is 2.11. The molecule has 0 aliphatic carbocycles. The Morgan fingerprint density at radius 3 is 2.52 bits per heavy atom. The zero-order valence-electron chi connectivity index (χ0n) is 11.9. The zero-order chi connectivity index (χ0) is 15.1. The third kappa shape index (κ3) is 4.00. The molecule has 1 aromatic carbocycles. The first-order valence-corrected chi connectivity index (χ1v) is 6.70. The second kappa shape index (κ2) is 7.35. The van der Waals surface area contributed by atoms with Gasteiger partial charge in [0.15, 0.2) is 11.5 Å². The first-order valence-electron chi connectivity index (χ1n) is 6.70. The first-order chi connectivity index (χ1) is 10.2. The number of benzene rings is 1. The van der Waals surface area contributed by atoms with Gasteiger partial charge in [-0.3, -0.25) is 4.79 Å². The van der Waals surface area contributed by atoms with Crippen LogP contribution in [-0.2, 0) is 6.54 Å². The van der Waals surface area contributed by atoms with Crippen LogP contribution in [-0.4, -0.2) is 41.4 Å². The quantitative estimate of drug-likeness (QED) is 0.822. The molecule has 0 spiro atoms. The Morgan fingerprint density at radius 2 is 1.95 bits per heavy atom. The van der Waals surface area contributed by atoms with Gasteiger partial charge in [0.1, 0.15) is 0 Å². The molecule has 0 radical (unpaired) electrons. The highest BCUT2D eigenvalue weighted by molar-refractivity contribution is 5.91. The molecule has 0 aliphatic rings. The van der Waals surface area contributed by atoms with Crippen LogP contribution in [0.5, 0.6) is 0 Å². The van der Waals surface area contributed by atoms with Crippen molar-refractivity contribution in [1.29, 1.82) is 0 Å². The van der Waals surface area contributed by atoms with Gasteiger partial charge in [-0.05, 0) is 17.7 Å². The summed E-state index contributed by atoms with van der Waals surface area (Å²) in [7, 11) is 1.55. The fourth-order valence-electron chi connectivity index (χ4n) is 1.94. The monoisotopic (exact) mass is 286 g/mol. The van der Waals surface area contributed by atoms with Gasteiger partial charge in [-0.25, -0.2) is 0 Å². The minimum Gasteiger partial charge on any atom is -0.395 e. The Labute approximate surface area is 123 Å². The molecule has 6 nitrogen and oxygen atoms in total. The Hall–Kier alpha value is -2.47. The van der Waals surface area contributed by atoms with Crippen LogP contribution in [0.2, 0.25) is 0 Å². The number of aliphatic hydroxyl groups is 1. The van der Waals surface area contributed by atoms with E-state index in [-0.39, 0.29) is 18.2 Å². The Balaban J connectivity index is 2.16. The number of rotatable bonds is 6. The predicted octanol–water partition coefficient (Wildman–Crippen LogP) is 0.835. The molecule has 2 aromatic rings. The van der Waals surface area contributed by atoms with Crippen molar-refractivity contribution in [3.8, 4) is 0 Å². The standard InChI is InChI=1S/C15H18N4O2/c1-16-15(21)13-7-8-14(18-17-13)19(9-10-20)11-12-5-3-2-4-6-12/h2-8,20H,9-11H2,1H3,(H,16,21). The van der Waals surface area contributed by atoms with E-state index >= 15 is 0 Å². The number of carbonyl (C=O) groups excluding carboxylic acids is 1. The van der Waals surface area contributed by atoms with Crippen molar-refractivity contribution in [2.24, 2.45) is 0 Å². The van der Waals surface area contributed by atoms with Crippen LogP contribution in [0.3, 0.4) is 0 Å². The average Bonchev–Trinajstić information content (AvgIpc) is 2.55. The lowest BCUT2D eigenvalue weighted by molar-refractivity contribution is 0.0957. The molecule has 0 unspecified atom stereocenters. The van der Waals surface area contributed by atoms with Crippen molar-refractivity contribution in [3.05, 3.63) is 53.7 Å². The number of nitrogens with one attached hydrogen (secondary N) is 1. The molecular formula is C15H18N4O2. The van der Waals surface area contributed by atoms with Gasteiger partial charge in [-0.1, -0.05) is 30.3 Å². The van der Waals surface area contributed by atoms with E-state index < -0.39 is 0 Å². The van der Waals surface area contributed by atoms with E-state index in [4.69, 9.17) is 0 Å². The molecule has 1 heterocycles. The van der Waals surface area contributed by atoms with E-state index in [1.54, 1.807) is 19.2 Å². The van der Waals surface area contributed by atoms with Crippen LogP contribution in [0.4, 0.5) is 5.82 Å². The van der Waals surface area contributed by atoms with Crippen molar-refractivity contribution < 1.29 is 9.90 Å². The summed E-state index contributed by atoms with van der Waals surface area (Å²) in [5, 5.41) is 19.7. The average molecular weight is 286 g/mol. The van der Waals surface area contributed by atoms with Gasteiger partial charge in [0, 0.05) is 20.1 Å². The van der Waals surface area contributed by atoms with Gasteiger partial charge in [0.25, 0.3) is 5.91 Å². The Morgan fingerprint density at radius 1 is 1.19 bits per heavy atom. The van der Waals surface area contributed by atoms with Crippen LogP contribution in [0, 0.1) is 0 Å². The fourth-order valence-corrected chi connectivity index (χ4v) is 1.94. The van der Waals surface area contributed by atoms with Crippen LogP contribution >= 0.6 is 0 Å². The van der Waals surface area contributed by atoms with Crippen LogP contribution < -0.4 is 10.2 Å². The molecule has 2 rings (SSSR count). The van der Waals surface area contributed by atoms with E-state index in [2.05, 4.69) is 15.5 Å². The summed E-state index contributed by atoms with van der Waals surface area (Å²) in [6.07, 6.45) is 0. The SMILES string of the molecule is CNC(=O)c1ccc(N(CCO)Cc2ccccc2)nn1. The van der Waals surface area contributed by atoms with Gasteiger partial charge in [-0.2, -0.15) is 0 Å². The largest absolute Gasteiger partial charge is 0.395 e. The molecule has 0 bridgehead atoms. The van der Waals surface area contributed by atoms with Crippen LogP contribution in [0.25, 0.3) is 0 Å². The molecule has 1 amide bonds. The van der Waals surface area contributed by atoms with Crippen molar-refractivity contribution in [3.63, 3.8) is 0 Å². The van der Waals surface area contributed by atoms with Crippen LogP contribution in [0.15, 0.2) is 42.5 Å². The fraction of sp³-hybridized carbons (Fsp3) is 0.267.